The molecule has 0 bridgehead atoms. The lowest BCUT2D eigenvalue weighted by atomic mass is 9.55. The van der Waals surface area contributed by atoms with Gasteiger partial charge < -0.3 is 15.2 Å². The number of rotatable bonds is 5. The van der Waals surface area contributed by atoms with Crippen molar-refractivity contribution in [3.63, 3.8) is 0 Å². The zero-order valence-corrected chi connectivity index (χ0v) is 12.5. The lowest BCUT2D eigenvalue weighted by Crippen LogP contribution is -2.71. The minimum atomic E-state index is -0.732. The first kappa shape index (κ1) is 14.8. The van der Waals surface area contributed by atoms with Crippen molar-refractivity contribution in [3.8, 4) is 0 Å². The molecule has 2 rings (SSSR count). The van der Waals surface area contributed by atoms with Crippen molar-refractivity contribution in [1.82, 2.24) is 5.32 Å². The van der Waals surface area contributed by atoms with E-state index in [1.54, 1.807) is 0 Å². The number of hydrogen-bond donors (Lipinski definition) is 2. The Labute approximate surface area is 115 Å². The Morgan fingerprint density at radius 2 is 2.16 bits per heavy atom. The summed E-state index contributed by atoms with van der Waals surface area (Å²) in [5.74, 6) is 0.137. The predicted octanol–water partition coefficient (Wildman–Crippen LogP) is 2.28. The highest BCUT2D eigenvalue weighted by molar-refractivity contribution is 5.73. The van der Waals surface area contributed by atoms with Gasteiger partial charge in [0.15, 0.2) is 0 Å². The highest BCUT2D eigenvalue weighted by Gasteiger charge is 2.58. The van der Waals surface area contributed by atoms with Gasteiger partial charge in [0.25, 0.3) is 0 Å². The molecular weight excluding hydrogens is 242 g/mol. The maximum atomic E-state index is 11.4. The van der Waals surface area contributed by atoms with E-state index in [0.717, 1.165) is 19.4 Å². The molecule has 4 heteroatoms. The molecule has 1 heterocycles. The molecule has 4 atom stereocenters. The lowest BCUT2D eigenvalue weighted by molar-refractivity contribution is -0.196. The van der Waals surface area contributed by atoms with Crippen LogP contribution in [0.25, 0.3) is 0 Å². The number of carboxylic acids is 1. The molecule has 0 radical (unpaired) electrons. The zero-order chi connectivity index (χ0) is 14.2. The van der Waals surface area contributed by atoms with E-state index in [2.05, 4.69) is 33.0 Å². The second-order valence-electron chi connectivity index (χ2n) is 7.08. The Morgan fingerprint density at radius 3 is 2.74 bits per heavy atom. The van der Waals surface area contributed by atoms with Gasteiger partial charge in [-0.25, -0.2) is 0 Å². The van der Waals surface area contributed by atoms with E-state index in [1.807, 2.05) is 0 Å². The summed E-state index contributed by atoms with van der Waals surface area (Å²) in [7, 11) is 0. The Bertz CT molecular complexity index is 340. The van der Waals surface area contributed by atoms with E-state index in [-0.39, 0.29) is 11.5 Å². The van der Waals surface area contributed by atoms with Gasteiger partial charge >= 0.3 is 5.97 Å². The van der Waals surface area contributed by atoms with Gasteiger partial charge in [-0.05, 0) is 25.2 Å². The van der Waals surface area contributed by atoms with E-state index < -0.39 is 12.0 Å². The first-order chi connectivity index (χ1) is 8.84. The van der Waals surface area contributed by atoms with E-state index in [9.17, 15) is 9.90 Å². The monoisotopic (exact) mass is 269 g/mol. The Hall–Kier alpha value is -0.610. The van der Waals surface area contributed by atoms with Crippen LogP contribution in [0.5, 0.6) is 0 Å². The fraction of sp³-hybridized carbons (Fsp3) is 0.933. The number of carboxylic acid groups (broad SMARTS) is 1. The van der Waals surface area contributed by atoms with Crippen LogP contribution in [0, 0.1) is 17.3 Å². The molecule has 2 aliphatic rings. The molecule has 0 amide bonds. The van der Waals surface area contributed by atoms with Crippen molar-refractivity contribution in [2.75, 3.05) is 6.61 Å². The minimum Gasteiger partial charge on any atom is -0.480 e. The molecule has 1 saturated heterocycles. The second-order valence-corrected chi connectivity index (χ2v) is 7.08. The zero-order valence-electron chi connectivity index (χ0n) is 12.5. The largest absolute Gasteiger partial charge is 0.480 e. The quantitative estimate of drug-likeness (QED) is 0.804. The van der Waals surface area contributed by atoms with Gasteiger partial charge in [0, 0.05) is 24.0 Å². The summed E-state index contributed by atoms with van der Waals surface area (Å²) in [6.07, 6.45) is 3.23. The number of nitrogens with one attached hydrogen (secondary N) is 1. The summed E-state index contributed by atoms with van der Waals surface area (Å²) in [5, 5.41) is 12.8. The summed E-state index contributed by atoms with van der Waals surface area (Å²) in [6.45, 7) is 9.36. The number of ether oxygens (including phenoxy) is 1. The number of hydrogen-bond acceptors (Lipinski definition) is 3. The Balaban J connectivity index is 2.02. The third kappa shape index (κ3) is 2.79. The van der Waals surface area contributed by atoms with E-state index in [4.69, 9.17) is 4.74 Å². The van der Waals surface area contributed by atoms with E-state index in [0.29, 0.717) is 24.4 Å². The maximum Gasteiger partial charge on any atom is 0.320 e. The summed E-state index contributed by atoms with van der Waals surface area (Å²) in [6, 6.07) is -0.176. The molecule has 0 aromatic rings. The molecule has 19 heavy (non-hydrogen) atoms. The first-order valence-electron chi connectivity index (χ1n) is 7.44. The first-order valence-corrected chi connectivity index (χ1v) is 7.44. The summed E-state index contributed by atoms with van der Waals surface area (Å²) in [4.78, 5) is 11.4. The molecule has 2 N–H and O–H groups in total. The van der Waals surface area contributed by atoms with Gasteiger partial charge in [-0.1, -0.05) is 27.7 Å². The number of aliphatic carboxylic acids is 1. The van der Waals surface area contributed by atoms with Crippen LogP contribution in [0.15, 0.2) is 0 Å². The van der Waals surface area contributed by atoms with Crippen molar-refractivity contribution in [2.45, 2.75) is 65.1 Å². The number of fused-ring (bicyclic) bond motifs is 1. The van der Waals surface area contributed by atoms with Gasteiger partial charge in [-0.2, -0.15) is 0 Å². The summed E-state index contributed by atoms with van der Waals surface area (Å²) >= 11 is 0. The van der Waals surface area contributed by atoms with Crippen molar-refractivity contribution < 1.29 is 14.6 Å². The van der Waals surface area contributed by atoms with Crippen LogP contribution in [0.2, 0.25) is 0 Å². The molecule has 1 aliphatic heterocycles. The normalized spacial score (nSPS) is 34.5. The van der Waals surface area contributed by atoms with Crippen LogP contribution in [-0.4, -0.2) is 35.9 Å². The average molecular weight is 269 g/mol. The van der Waals surface area contributed by atoms with Crippen molar-refractivity contribution in [3.05, 3.63) is 0 Å². The van der Waals surface area contributed by atoms with Crippen LogP contribution in [0.1, 0.15) is 47.0 Å². The third-order valence-electron chi connectivity index (χ3n) is 4.72. The lowest BCUT2D eigenvalue weighted by Gasteiger charge is -2.60. The Morgan fingerprint density at radius 1 is 1.47 bits per heavy atom. The number of carbonyl (C=O) groups is 1. The molecule has 4 unspecified atom stereocenters. The van der Waals surface area contributed by atoms with Crippen molar-refractivity contribution >= 4 is 5.97 Å². The van der Waals surface area contributed by atoms with Crippen LogP contribution in [0.3, 0.4) is 0 Å². The van der Waals surface area contributed by atoms with Gasteiger partial charge in [-0.15, -0.1) is 0 Å². The topological polar surface area (TPSA) is 58.6 Å². The van der Waals surface area contributed by atoms with Crippen LogP contribution < -0.4 is 5.32 Å². The van der Waals surface area contributed by atoms with Crippen molar-refractivity contribution in [2.24, 2.45) is 17.3 Å². The van der Waals surface area contributed by atoms with E-state index in [1.165, 1.54) is 0 Å². The predicted molar refractivity (Wildman–Crippen MR) is 74.0 cm³/mol. The van der Waals surface area contributed by atoms with Crippen LogP contribution in [-0.2, 0) is 9.53 Å². The standard InChI is InChI=1S/C15H27NO3/c1-9(2)8-11(14(17)18)16-12-10-6-5-7-19-13(10)15(12,3)4/h9-13,16H,5-8H2,1-4H3,(H,17,18). The molecule has 0 aromatic carbocycles. The van der Waals surface area contributed by atoms with Gasteiger partial charge in [0.1, 0.15) is 6.04 Å². The molecular formula is C15H27NO3. The van der Waals surface area contributed by atoms with Gasteiger partial charge in [-0.3, -0.25) is 4.79 Å². The maximum absolute atomic E-state index is 11.4. The third-order valence-corrected chi connectivity index (χ3v) is 4.72. The molecule has 1 saturated carbocycles. The molecule has 1 aliphatic carbocycles. The molecule has 0 aromatic heterocycles. The van der Waals surface area contributed by atoms with E-state index >= 15 is 0 Å². The van der Waals surface area contributed by atoms with Crippen molar-refractivity contribution in [1.29, 1.82) is 0 Å². The fourth-order valence-corrected chi connectivity index (χ4v) is 3.79. The van der Waals surface area contributed by atoms with Gasteiger partial charge in [0.2, 0.25) is 0 Å². The summed E-state index contributed by atoms with van der Waals surface area (Å²) < 4.78 is 5.86. The Kier molecular flexibility index (Phi) is 4.21. The smallest absolute Gasteiger partial charge is 0.320 e. The second kappa shape index (κ2) is 5.41. The molecule has 4 nitrogen and oxygen atoms in total. The molecule has 0 spiro atoms. The molecule has 110 valence electrons. The summed E-state index contributed by atoms with van der Waals surface area (Å²) in [5.41, 5.74) is 0.0375. The fourth-order valence-electron chi connectivity index (χ4n) is 3.79. The van der Waals surface area contributed by atoms with Gasteiger partial charge in [0.05, 0.1) is 6.10 Å². The van der Waals surface area contributed by atoms with Crippen LogP contribution in [0.4, 0.5) is 0 Å². The SMILES string of the molecule is CC(C)CC(NC1C2CCCOC2C1(C)C)C(=O)O. The van der Waals surface area contributed by atoms with Crippen LogP contribution >= 0.6 is 0 Å². The average Bonchev–Trinajstić information content (AvgIpc) is 2.33. The highest BCUT2D eigenvalue weighted by Crippen LogP contribution is 2.51. The highest BCUT2D eigenvalue weighted by atomic mass is 16.5. The molecule has 2 fully saturated rings. The minimum absolute atomic E-state index is 0.0375.